The Bertz CT molecular complexity index is 1130. The van der Waals surface area contributed by atoms with Gasteiger partial charge in [0.05, 0.1) is 12.3 Å². The zero-order valence-electron chi connectivity index (χ0n) is 24.2. The van der Waals surface area contributed by atoms with E-state index in [9.17, 15) is 14.7 Å². The van der Waals surface area contributed by atoms with Crippen LogP contribution in [0.15, 0.2) is 24.4 Å². The molecule has 1 atom stereocenters. The van der Waals surface area contributed by atoms with E-state index < -0.39 is 5.97 Å². The number of hydrogen-bond acceptors (Lipinski definition) is 6. The highest BCUT2D eigenvalue weighted by molar-refractivity contribution is 7.14. The topological polar surface area (TPSA) is 83.0 Å². The maximum absolute atomic E-state index is 14.0. The summed E-state index contributed by atoms with van der Waals surface area (Å²) in [4.78, 5) is 36.1. The van der Waals surface area contributed by atoms with Gasteiger partial charge in [-0.25, -0.2) is 9.78 Å². The van der Waals surface area contributed by atoms with Gasteiger partial charge in [-0.1, -0.05) is 27.7 Å². The van der Waals surface area contributed by atoms with Gasteiger partial charge in [0.15, 0.2) is 0 Å². The molecule has 3 heterocycles. The van der Waals surface area contributed by atoms with Crippen molar-refractivity contribution >= 4 is 28.9 Å². The van der Waals surface area contributed by atoms with E-state index in [1.807, 2.05) is 25.1 Å². The molecule has 1 saturated heterocycles. The summed E-state index contributed by atoms with van der Waals surface area (Å²) in [7, 11) is 0. The zero-order chi connectivity index (χ0) is 28.2. The molecule has 4 rings (SSSR count). The SMILES string of the molecule is C[C@@H](CCOc1cc(CN2CCCC2)ccn1)N(c1cc(C(C)(C)C)sc1C(=O)O)C(=O)[C@H]1CC[C@H](C)CC1. The number of amides is 1. The first-order valence-electron chi connectivity index (χ1n) is 14.5. The van der Waals surface area contributed by atoms with Crippen LogP contribution in [-0.2, 0) is 16.8 Å². The molecule has 0 aromatic carbocycles. The van der Waals surface area contributed by atoms with Crippen LogP contribution in [-0.4, -0.2) is 52.6 Å². The van der Waals surface area contributed by atoms with E-state index in [1.165, 1.54) is 29.7 Å². The van der Waals surface area contributed by atoms with Gasteiger partial charge in [-0.05, 0) is 87.6 Å². The molecule has 1 saturated carbocycles. The van der Waals surface area contributed by atoms with Gasteiger partial charge in [0.25, 0.3) is 0 Å². The molecule has 1 N–H and O–H groups in total. The highest BCUT2D eigenvalue weighted by atomic mass is 32.1. The molecule has 0 unspecified atom stereocenters. The molecule has 0 bridgehead atoms. The number of carboxylic acid groups (broad SMARTS) is 1. The van der Waals surface area contributed by atoms with E-state index in [0.717, 1.165) is 50.2 Å². The third kappa shape index (κ3) is 7.60. The Morgan fingerprint density at radius 3 is 2.51 bits per heavy atom. The minimum absolute atomic E-state index is 0.0425. The second kappa shape index (κ2) is 12.8. The average Bonchev–Trinajstić information content (AvgIpc) is 3.55. The minimum Gasteiger partial charge on any atom is -0.478 e. The first-order chi connectivity index (χ1) is 18.5. The summed E-state index contributed by atoms with van der Waals surface area (Å²) < 4.78 is 6.06. The first-order valence-corrected chi connectivity index (χ1v) is 15.4. The molecular weight excluding hydrogens is 510 g/mol. The fraction of sp³-hybridized carbons (Fsp3) is 0.645. The van der Waals surface area contributed by atoms with E-state index in [-0.39, 0.29) is 28.2 Å². The smallest absolute Gasteiger partial charge is 0.348 e. The Balaban J connectivity index is 1.51. The lowest BCUT2D eigenvalue weighted by Crippen LogP contribution is -2.44. The van der Waals surface area contributed by atoms with Crippen molar-refractivity contribution < 1.29 is 19.4 Å². The van der Waals surface area contributed by atoms with Gasteiger partial charge in [-0.15, -0.1) is 11.3 Å². The third-order valence-electron chi connectivity index (χ3n) is 8.14. The van der Waals surface area contributed by atoms with Gasteiger partial charge in [0.1, 0.15) is 4.88 Å². The third-order valence-corrected chi connectivity index (χ3v) is 9.68. The Kier molecular flexibility index (Phi) is 9.70. The number of thiophene rings is 1. The molecule has 1 aliphatic carbocycles. The van der Waals surface area contributed by atoms with Crippen LogP contribution in [0.1, 0.15) is 99.7 Å². The molecule has 214 valence electrons. The van der Waals surface area contributed by atoms with Crippen LogP contribution in [0.3, 0.4) is 0 Å². The standard InChI is InChI=1S/C31H45N3O4S/c1-21-8-10-24(11-9-21)29(35)34(25-19-26(31(3,4)5)39-28(25)30(36)37)22(2)13-17-38-27-18-23(12-14-32-27)20-33-15-6-7-16-33/h12,14,18-19,21-22,24H,6-11,13,15-17,20H2,1-5H3,(H,36,37)/t21-,22-,24-/m0/s1. The van der Waals surface area contributed by atoms with Gasteiger partial charge in [0, 0.05) is 42.1 Å². The number of hydrogen-bond donors (Lipinski definition) is 1. The molecule has 2 aliphatic rings. The summed E-state index contributed by atoms with van der Waals surface area (Å²) in [6.45, 7) is 14.0. The van der Waals surface area contributed by atoms with E-state index in [2.05, 4.69) is 37.6 Å². The molecule has 8 heteroatoms. The highest BCUT2D eigenvalue weighted by Gasteiger charge is 2.35. The van der Waals surface area contributed by atoms with Crippen molar-refractivity contribution in [2.45, 2.75) is 97.6 Å². The van der Waals surface area contributed by atoms with E-state index in [4.69, 9.17) is 4.74 Å². The number of aromatic carboxylic acids is 1. The van der Waals surface area contributed by atoms with Crippen molar-refractivity contribution in [2.24, 2.45) is 11.8 Å². The number of rotatable bonds is 10. The van der Waals surface area contributed by atoms with Crippen molar-refractivity contribution in [1.82, 2.24) is 9.88 Å². The van der Waals surface area contributed by atoms with Gasteiger partial charge in [-0.2, -0.15) is 0 Å². The Hall–Kier alpha value is -2.45. The van der Waals surface area contributed by atoms with Crippen LogP contribution < -0.4 is 9.64 Å². The highest BCUT2D eigenvalue weighted by Crippen LogP contribution is 2.40. The van der Waals surface area contributed by atoms with Gasteiger partial charge in [-0.3, -0.25) is 9.69 Å². The molecule has 7 nitrogen and oxygen atoms in total. The van der Waals surface area contributed by atoms with E-state index in [0.29, 0.717) is 30.5 Å². The van der Waals surface area contributed by atoms with Crippen molar-refractivity contribution in [1.29, 1.82) is 0 Å². The summed E-state index contributed by atoms with van der Waals surface area (Å²) in [6, 6.07) is 5.76. The molecular formula is C31H45N3O4S. The molecule has 39 heavy (non-hydrogen) atoms. The predicted octanol–water partition coefficient (Wildman–Crippen LogP) is 6.75. The Labute approximate surface area is 237 Å². The van der Waals surface area contributed by atoms with Crippen molar-refractivity contribution in [3.8, 4) is 5.88 Å². The summed E-state index contributed by atoms with van der Waals surface area (Å²) in [5.41, 5.74) is 1.51. The number of likely N-dealkylation sites (tertiary alicyclic amines) is 1. The second-order valence-corrected chi connectivity index (χ2v) is 13.6. The van der Waals surface area contributed by atoms with E-state index >= 15 is 0 Å². The van der Waals surface area contributed by atoms with Gasteiger partial charge >= 0.3 is 5.97 Å². The van der Waals surface area contributed by atoms with Crippen LogP contribution in [0.2, 0.25) is 0 Å². The Morgan fingerprint density at radius 1 is 1.18 bits per heavy atom. The number of carboxylic acids is 1. The fourth-order valence-corrected chi connectivity index (χ4v) is 6.70. The molecule has 0 spiro atoms. The lowest BCUT2D eigenvalue weighted by Gasteiger charge is -2.35. The molecule has 2 aromatic rings. The van der Waals surface area contributed by atoms with Gasteiger partial charge < -0.3 is 14.7 Å². The number of carbonyl (C=O) groups excluding carboxylic acids is 1. The van der Waals surface area contributed by atoms with Crippen molar-refractivity contribution in [3.63, 3.8) is 0 Å². The zero-order valence-corrected chi connectivity index (χ0v) is 25.1. The van der Waals surface area contributed by atoms with Crippen LogP contribution in [0, 0.1) is 11.8 Å². The fourth-order valence-electron chi connectivity index (χ4n) is 5.65. The molecule has 2 aromatic heterocycles. The summed E-state index contributed by atoms with van der Waals surface area (Å²) >= 11 is 1.28. The lowest BCUT2D eigenvalue weighted by atomic mass is 9.82. The molecule has 1 amide bonds. The van der Waals surface area contributed by atoms with Crippen molar-refractivity contribution in [3.05, 3.63) is 39.7 Å². The minimum atomic E-state index is -0.983. The molecule has 0 radical (unpaired) electrons. The van der Waals surface area contributed by atoms with Crippen LogP contribution in [0.4, 0.5) is 5.69 Å². The normalized spacial score (nSPS) is 21.1. The molecule has 2 fully saturated rings. The number of nitrogens with zero attached hydrogens (tertiary/aromatic N) is 3. The summed E-state index contributed by atoms with van der Waals surface area (Å²) in [5.74, 6) is 0.206. The maximum atomic E-state index is 14.0. The lowest BCUT2D eigenvalue weighted by molar-refractivity contribution is -0.124. The van der Waals surface area contributed by atoms with Crippen LogP contribution in [0.25, 0.3) is 0 Å². The molecule has 1 aliphatic heterocycles. The average molecular weight is 556 g/mol. The first kappa shape index (κ1) is 29.5. The monoisotopic (exact) mass is 555 g/mol. The second-order valence-electron chi connectivity index (χ2n) is 12.5. The number of ether oxygens (including phenoxy) is 1. The number of anilines is 1. The summed E-state index contributed by atoms with van der Waals surface area (Å²) in [6.07, 6.45) is 8.65. The van der Waals surface area contributed by atoms with E-state index in [1.54, 1.807) is 11.1 Å². The summed E-state index contributed by atoms with van der Waals surface area (Å²) in [5, 5.41) is 10.1. The largest absolute Gasteiger partial charge is 0.478 e. The number of pyridine rings is 1. The maximum Gasteiger partial charge on any atom is 0.348 e. The van der Waals surface area contributed by atoms with Gasteiger partial charge in [0.2, 0.25) is 11.8 Å². The number of aromatic nitrogens is 1. The van der Waals surface area contributed by atoms with Crippen LogP contribution in [0.5, 0.6) is 5.88 Å². The predicted molar refractivity (Wildman–Crippen MR) is 157 cm³/mol. The van der Waals surface area contributed by atoms with Crippen molar-refractivity contribution in [2.75, 3.05) is 24.6 Å². The Morgan fingerprint density at radius 2 is 1.87 bits per heavy atom. The van der Waals surface area contributed by atoms with Crippen LogP contribution >= 0.6 is 11.3 Å². The number of carbonyl (C=O) groups is 2. The quantitative estimate of drug-likeness (QED) is 0.349.